The minimum Gasteiger partial charge on any atom is -0.464 e. The Kier molecular flexibility index (Phi) is 2.40. The van der Waals surface area contributed by atoms with Crippen molar-refractivity contribution in [3.8, 4) is 0 Å². The molecule has 1 heterocycles. The van der Waals surface area contributed by atoms with Crippen molar-refractivity contribution >= 4 is 28.6 Å². The standard InChI is InChI=1S/C10H7ClN2O3/c1-5-3-2-4-6-7(5)12-9(11)13(8(6)14)10(15)16/h2-4H,1H3,(H,15,16). The SMILES string of the molecule is Cc1cccc2c(=O)n(C(=O)O)c(Cl)nc12. The molecule has 82 valence electrons. The molecule has 0 bridgehead atoms. The van der Waals surface area contributed by atoms with Crippen LogP contribution in [0.3, 0.4) is 0 Å². The topological polar surface area (TPSA) is 72.2 Å². The molecule has 2 rings (SSSR count). The zero-order chi connectivity index (χ0) is 11.9. The Morgan fingerprint density at radius 3 is 2.81 bits per heavy atom. The summed E-state index contributed by atoms with van der Waals surface area (Å²) in [4.78, 5) is 26.5. The number of carboxylic acid groups (broad SMARTS) is 1. The summed E-state index contributed by atoms with van der Waals surface area (Å²) >= 11 is 5.65. The largest absolute Gasteiger partial charge is 0.464 e. The highest BCUT2D eigenvalue weighted by Crippen LogP contribution is 2.15. The van der Waals surface area contributed by atoms with Crippen LogP contribution in [-0.2, 0) is 0 Å². The molecular weight excluding hydrogens is 232 g/mol. The van der Waals surface area contributed by atoms with Gasteiger partial charge in [0.15, 0.2) is 0 Å². The molecule has 0 radical (unpaired) electrons. The van der Waals surface area contributed by atoms with Crippen molar-refractivity contribution in [2.75, 3.05) is 0 Å². The summed E-state index contributed by atoms with van der Waals surface area (Å²) in [6, 6.07) is 4.96. The van der Waals surface area contributed by atoms with E-state index in [1.807, 2.05) is 0 Å². The van der Waals surface area contributed by atoms with E-state index in [1.165, 1.54) is 6.07 Å². The first-order valence-electron chi connectivity index (χ1n) is 4.43. The summed E-state index contributed by atoms with van der Waals surface area (Å²) in [5.41, 5.74) is 0.523. The summed E-state index contributed by atoms with van der Waals surface area (Å²) in [6.07, 6.45) is -1.44. The maximum absolute atomic E-state index is 11.8. The van der Waals surface area contributed by atoms with Crippen LogP contribution in [0.4, 0.5) is 4.79 Å². The second-order valence-corrected chi connectivity index (χ2v) is 3.61. The van der Waals surface area contributed by atoms with E-state index in [0.29, 0.717) is 10.1 Å². The lowest BCUT2D eigenvalue weighted by atomic mass is 10.1. The van der Waals surface area contributed by atoms with Gasteiger partial charge in [-0.2, -0.15) is 4.57 Å². The number of hydrogen-bond acceptors (Lipinski definition) is 3. The summed E-state index contributed by atoms with van der Waals surface area (Å²) in [6.45, 7) is 1.77. The van der Waals surface area contributed by atoms with E-state index >= 15 is 0 Å². The lowest BCUT2D eigenvalue weighted by Gasteiger charge is -2.05. The third-order valence-electron chi connectivity index (χ3n) is 2.25. The quantitative estimate of drug-likeness (QED) is 0.712. The normalized spacial score (nSPS) is 10.6. The molecule has 1 aromatic heterocycles. The summed E-state index contributed by atoms with van der Waals surface area (Å²) in [7, 11) is 0. The van der Waals surface area contributed by atoms with Gasteiger partial charge in [-0.25, -0.2) is 9.78 Å². The summed E-state index contributed by atoms with van der Waals surface area (Å²) < 4.78 is 0.420. The fraction of sp³-hybridized carbons (Fsp3) is 0.100. The van der Waals surface area contributed by atoms with Crippen LogP contribution in [0.15, 0.2) is 23.0 Å². The number of carbonyl (C=O) groups is 1. The van der Waals surface area contributed by atoms with E-state index in [1.54, 1.807) is 19.1 Å². The first-order valence-corrected chi connectivity index (χ1v) is 4.81. The van der Waals surface area contributed by atoms with E-state index in [9.17, 15) is 9.59 Å². The average Bonchev–Trinajstić information content (AvgIpc) is 2.19. The average molecular weight is 239 g/mol. The Bertz CT molecular complexity index is 648. The van der Waals surface area contributed by atoms with Crippen molar-refractivity contribution in [1.82, 2.24) is 9.55 Å². The summed E-state index contributed by atoms with van der Waals surface area (Å²) in [5.74, 6) is 0. The van der Waals surface area contributed by atoms with Crippen LogP contribution in [0.5, 0.6) is 0 Å². The highest BCUT2D eigenvalue weighted by Gasteiger charge is 2.14. The van der Waals surface area contributed by atoms with Crippen molar-refractivity contribution in [2.45, 2.75) is 6.92 Å². The van der Waals surface area contributed by atoms with Crippen LogP contribution in [0.25, 0.3) is 10.9 Å². The van der Waals surface area contributed by atoms with Crippen molar-refractivity contribution in [2.24, 2.45) is 0 Å². The molecule has 2 aromatic rings. The molecule has 0 atom stereocenters. The van der Waals surface area contributed by atoms with E-state index in [0.717, 1.165) is 5.56 Å². The zero-order valence-corrected chi connectivity index (χ0v) is 9.02. The van der Waals surface area contributed by atoms with Crippen molar-refractivity contribution in [3.05, 3.63) is 39.4 Å². The molecule has 0 spiro atoms. The number of rotatable bonds is 0. The van der Waals surface area contributed by atoms with Crippen molar-refractivity contribution in [1.29, 1.82) is 0 Å². The molecule has 0 fully saturated rings. The molecule has 1 aromatic carbocycles. The molecule has 0 aliphatic carbocycles. The lowest BCUT2D eigenvalue weighted by Crippen LogP contribution is -2.27. The predicted molar refractivity (Wildman–Crippen MR) is 59.2 cm³/mol. The number of para-hydroxylation sites is 1. The molecule has 5 nitrogen and oxygen atoms in total. The number of aryl methyl sites for hydroxylation is 1. The molecule has 0 aliphatic rings. The van der Waals surface area contributed by atoms with Crippen molar-refractivity contribution in [3.63, 3.8) is 0 Å². The van der Waals surface area contributed by atoms with Gasteiger partial charge in [0.1, 0.15) is 0 Å². The van der Waals surface area contributed by atoms with Gasteiger partial charge in [-0.3, -0.25) is 4.79 Å². The number of hydrogen-bond donors (Lipinski definition) is 1. The van der Waals surface area contributed by atoms with Gasteiger partial charge < -0.3 is 5.11 Å². The molecule has 0 unspecified atom stereocenters. The number of halogens is 1. The molecule has 0 aliphatic heterocycles. The molecule has 0 amide bonds. The predicted octanol–water partition coefficient (Wildman–Crippen LogP) is 1.88. The molecule has 0 saturated heterocycles. The molecule has 6 heteroatoms. The molecule has 0 saturated carbocycles. The van der Waals surface area contributed by atoms with Crippen LogP contribution >= 0.6 is 11.6 Å². The molecular formula is C10H7ClN2O3. The van der Waals surface area contributed by atoms with Gasteiger partial charge in [0, 0.05) is 0 Å². The lowest BCUT2D eigenvalue weighted by molar-refractivity contribution is 0.195. The van der Waals surface area contributed by atoms with Crippen LogP contribution in [-0.4, -0.2) is 20.8 Å². The smallest absolute Gasteiger partial charge is 0.421 e. The molecule has 1 N–H and O–H groups in total. The van der Waals surface area contributed by atoms with Gasteiger partial charge in [-0.05, 0) is 30.2 Å². The van der Waals surface area contributed by atoms with E-state index < -0.39 is 11.7 Å². The van der Waals surface area contributed by atoms with Gasteiger partial charge in [0.2, 0.25) is 5.28 Å². The Morgan fingerprint density at radius 2 is 2.19 bits per heavy atom. The maximum atomic E-state index is 11.8. The van der Waals surface area contributed by atoms with Crippen LogP contribution in [0.2, 0.25) is 5.28 Å². The van der Waals surface area contributed by atoms with Gasteiger partial charge in [0.25, 0.3) is 5.56 Å². The first-order chi connectivity index (χ1) is 7.52. The number of aromatic nitrogens is 2. The monoisotopic (exact) mass is 238 g/mol. The van der Waals surface area contributed by atoms with Gasteiger partial charge >= 0.3 is 6.09 Å². The highest BCUT2D eigenvalue weighted by molar-refractivity contribution is 6.29. The Labute approximate surface area is 94.9 Å². The fourth-order valence-electron chi connectivity index (χ4n) is 1.49. The number of fused-ring (bicyclic) bond motifs is 1. The number of nitrogens with zero attached hydrogens (tertiary/aromatic N) is 2. The summed E-state index contributed by atoms with van der Waals surface area (Å²) in [5, 5.41) is 8.71. The first kappa shape index (κ1) is 10.6. The van der Waals surface area contributed by atoms with Gasteiger partial charge in [-0.1, -0.05) is 12.1 Å². The van der Waals surface area contributed by atoms with Gasteiger partial charge in [0.05, 0.1) is 10.9 Å². The molecule has 16 heavy (non-hydrogen) atoms. The highest BCUT2D eigenvalue weighted by atomic mass is 35.5. The minimum absolute atomic E-state index is 0.242. The Balaban J connectivity index is 3.01. The van der Waals surface area contributed by atoms with E-state index in [-0.39, 0.29) is 10.7 Å². The Hall–Kier alpha value is -1.88. The van der Waals surface area contributed by atoms with Crippen molar-refractivity contribution < 1.29 is 9.90 Å². The second kappa shape index (κ2) is 3.61. The zero-order valence-electron chi connectivity index (χ0n) is 8.27. The van der Waals surface area contributed by atoms with E-state index in [2.05, 4.69) is 4.98 Å². The fourth-order valence-corrected chi connectivity index (χ4v) is 1.73. The van der Waals surface area contributed by atoms with Gasteiger partial charge in [-0.15, -0.1) is 0 Å². The maximum Gasteiger partial charge on any atom is 0.421 e. The van der Waals surface area contributed by atoms with Crippen LogP contribution in [0, 0.1) is 6.92 Å². The van der Waals surface area contributed by atoms with Crippen LogP contribution < -0.4 is 5.56 Å². The third-order valence-corrected chi connectivity index (χ3v) is 2.50. The number of benzene rings is 1. The van der Waals surface area contributed by atoms with Crippen LogP contribution in [0.1, 0.15) is 5.56 Å². The third kappa shape index (κ3) is 1.45. The Morgan fingerprint density at radius 1 is 1.50 bits per heavy atom. The minimum atomic E-state index is -1.44. The second-order valence-electron chi connectivity index (χ2n) is 3.28. The van der Waals surface area contributed by atoms with E-state index in [4.69, 9.17) is 16.7 Å².